The number of hydrogen-bond acceptors (Lipinski definition) is 9. The van der Waals surface area contributed by atoms with Gasteiger partial charge >= 0.3 is 6.09 Å². The molecule has 6 atom stereocenters. The number of amides is 3. The van der Waals surface area contributed by atoms with Crippen molar-refractivity contribution in [3.63, 3.8) is 0 Å². The summed E-state index contributed by atoms with van der Waals surface area (Å²) in [6.45, 7) is 10.8. The summed E-state index contributed by atoms with van der Waals surface area (Å²) in [6, 6.07) is 1.50. The summed E-state index contributed by atoms with van der Waals surface area (Å²) in [6.07, 6.45) is 4.50. The molecule has 1 aromatic rings. The molecule has 1 aromatic carbocycles. The lowest BCUT2D eigenvalue weighted by molar-refractivity contribution is -0.121. The van der Waals surface area contributed by atoms with E-state index in [2.05, 4.69) is 11.9 Å². The minimum atomic E-state index is -0.994. The highest BCUT2D eigenvalue weighted by atomic mass is 79.9. The molecule has 5 N–H and O–H groups in total. The summed E-state index contributed by atoms with van der Waals surface area (Å²) in [5.74, 6) is -1.27. The molecule has 0 aromatic heterocycles. The van der Waals surface area contributed by atoms with Crippen molar-refractivity contribution in [2.45, 2.75) is 65.0 Å². The first-order valence-electron chi connectivity index (χ1n) is 14.8. The Bertz CT molecular complexity index is 1380. The molecule has 2 bridgehead atoms. The zero-order chi connectivity index (χ0) is 33.4. The van der Waals surface area contributed by atoms with E-state index in [1.54, 1.807) is 44.2 Å². The molecule has 46 heavy (non-hydrogen) atoms. The van der Waals surface area contributed by atoms with Gasteiger partial charge in [0, 0.05) is 43.9 Å². The number of carbonyl (C=O) groups excluding carboxylic acids is 3. The maximum absolute atomic E-state index is 13.2. The molecule has 0 fully saturated rings. The van der Waals surface area contributed by atoms with Gasteiger partial charge < -0.3 is 62.1 Å². The van der Waals surface area contributed by atoms with Gasteiger partial charge in [0.05, 0.1) is 23.6 Å². The maximum atomic E-state index is 13.2. The molecule has 0 radical (unpaired) electrons. The Morgan fingerprint density at radius 1 is 1.24 bits per heavy atom. The summed E-state index contributed by atoms with van der Waals surface area (Å²) in [5, 5.41) is 25.6. The van der Waals surface area contributed by atoms with E-state index in [-0.39, 0.29) is 59.8 Å². The highest BCUT2D eigenvalue weighted by Gasteiger charge is 2.34. The largest absolute Gasteiger partial charge is 1.00 e. The van der Waals surface area contributed by atoms with Gasteiger partial charge in [-0.15, -0.1) is 6.58 Å². The van der Waals surface area contributed by atoms with E-state index in [9.17, 15) is 24.6 Å². The molecular formula is C33H45BrN3O9-. The fraction of sp³-hybridized carbons (Fsp3) is 0.485. The van der Waals surface area contributed by atoms with Crippen LogP contribution in [0.25, 0.3) is 0 Å². The van der Waals surface area contributed by atoms with E-state index in [0.717, 1.165) is 0 Å². The Kier molecular flexibility index (Phi) is 14.5. The van der Waals surface area contributed by atoms with Crippen molar-refractivity contribution in [1.29, 1.82) is 0 Å². The Balaban J connectivity index is 0.00000736. The van der Waals surface area contributed by atoms with E-state index >= 15 is 0 Å². The van der Waals surface area contributed by atoms with Crippen LogP contribution in [0.3, 0.4) is 0 Å². The van der Waals surface area contributed by atoms with Gasteiger partial charge in [-0.1, -0.05) is 44.2 Å². The monoisotopic (exact) mass is 706 g/mol. The molecular weight excluding hydrogens is 662 g/mol. The second-order valence-corrected chi connectivity index (χ2v) is 11.5. The quantitative estimate of drug-likeness (QED) is 0.255. The first kappa shape index (κ1) is 38.5. The molecule has 3 amide bonds. The number of nitrogens with two attached hydrogens (primary N) is 1. The second-order valence-electron chi connectivity index (χ2n) is 11.5. The van der Waals surface area contributed by atoms with Gasteiger partial charge in [-0.05, 0) is 38.2 Å². The van der Waals surface area contributed by atoms with Gasteiger partial charge in [0.1, 0.15) is 17.6 Å². The number of rotatable bonds is 5. The van der Waals surface area contributed by atoms with Crippen LogP contribution in [0.4, 0.5) is 16.2 Å². The van der Waals surface area contributed by atoms with Crippen molar-refractivity contribution in [3.05, 3.63) is 59.7 Å². The van der Waals surface area contributed by atoms with E-state index in [1.165, 1.54) is 25.2 Å². The number of phenols is 1. The third kappa shape index (κ3) is 9.21. The standard InChI is InChI=1S/C33H45N3O9.BrH/c1-8-12-36-27(37)17-44-25-16-23-30(39)22(28(25)36)13-18(2)14-26(43-7)29(38)20(4)15-21(5)31(45-33(34)41)24(42-6)11-9-10-19(3)32(40)35-23;/h8-11,15-16,18,20,24,26,29,31,38-39H,1,12-14,17H2,2-7H3,(H2,34,41)(H,35,40);1H/p-1/b11-9-,19-10+,21-15+;/t18-,20+,24+,26+,29-,31+;/m1./s1. The van der Waals surface area contributed by atoms with Crippen LogP contribution in [0, 0.1) is 11.8 Å². The van der Waals surface area contributed by atoms with Gasteiger partial charge in [0.2, 0.25) is 0 Å². The molecule has 13 heteroatoms. The SMILES string of the molecule is C=CCN1C(=O)COc2cc3c(O)c(c21)C[C@@H](C)C[C@H](OC)[C@H](O)[C@@H](C)/C=C(\C)[C@H](OC(N)=O)[C@@H](OC)/C=C\C=C(/C)C(=O)N3.[Br-]. The number of methoxy groups -OCH3 is 2. The minimum Gasteiger partial charge on any atom is -1.00 e. The number of fused-ring (bicyclic) bond motifs is 4. The number of aliphatic hydroxyl groups is 1. The lowest BCUT2D eigenvalue weighted by atomic mass is 9.87. The Morgan fingerprint density at radius 2 is 1.93 bits per heavy atom. The number of anilines is 2. The van der Waals surface area contributed by atoms with Crippen LogP contribution in [-0.2, 0) is 30.2 Å². The van der Waals surface area contributed by atoms with Gasteiger partial charge in [0.25, 0.3) is 11.8 Å². The fourth-order valence-corrected chi connectivity index (χ4v) is 5.65. The van der Waals surface area contributed by atoms with Gasteiger partial charge in [-0.3, -0.25) is 9.59 Å². The lowest BCUT2D eigenvalue weighted by Gasteiger charge is -2.33. The summed E-state index contributed by atoms with van der Waals surface area (Å²) in [7, 11) is 2.95. The molecule has 0 saturated heterocycles. The number of nitrogens with one attached hydrogen (secondary N) is 1. The van der Waals surface area contributed by atoms with E-state index in [0.29, 0.717) is 34.6 Å². The van der Waals surface area contributed by atoms with E-state index in [1.807, 2.05) is 13.8 Å². The average Bonchev–Trinajstić information content (AvgIpc) is 2.99. The van der Waals surface area contributed by atoms with Crippen molar-refractivity contribution in [3.8, 4) is 11.5 Å². The van der Waals surface area contributed by atoms with Crippen LogP contribution in [-0.4, -0.2) is 79.9 Å². The number of halogens is 1. The fourth-order valence-electron chi connectivity index (χ4n) is 5.65. The van der Waals surface area contributed by atoms with Crippen LogP contribution in [0.2, 0.25) is 0 Å². The molecule has 0 unspecified atom stereocenters. The molecule has 2 heterocycles. The van der Waals surface area contributed by atoms with Crippen molar-refractivity contribution >= 4 is 29.3 Å². The number of allylic oxidation sites excluding steroid dienone is 2. The molecule has 2 aliphatic heterocycles. The smallest absolute Gasteiger partial charge is 0.405 e. The maximum Gasteiger partial charge on any atom is 0.405 e. The predicted molar refractivity (Wildman–Crippen MR) is 170 cm³/mol. The number of phenolic OH excluding ortho intramolecular Hbond substituents is 1. The zero-order valence-corrected chi connectivity index (χ0v) is 28.7. The molecule has 0 saturated carbocycles. The molecule has 2 aliphatic rings. The van der Waals surface area contributed by atoms with E-state index < -0.39 is 42.3 Å². The first-order chi connectivity index (χ1) is 21.3. The lowest BCUT2D eigenvalue weighted by Crippen LogP contribution is -3.00. The summed E-state index contributed by atoms with van der Waals surface area (Å²) < 4.78 is 22.5. The highest BCUT2D eigenvalue weighted by molar-refractivity contribution is 6.06. The number of primary amides is 1. The average molecular weight is 708 g/mol. The van der Waals surface area contributed by atoms with Crippen LogP contribution in [0.1, 0.15) is 39.7 Å². The molecule has 0 spiro atoms. The molecule has 12 nitrogen and oxygen atoms in total. The topological polar surface area (TPSA) is 170 Å². The minimum absolute atomic E-state index is 0. The van der Waals surface area contributed by atoms with Crippen LogP contribution in [0.15, 0.2) is 54.2 Å². The molecule has 3 rings (SSSR count). The summed E-state index contributed by atoms with van der Waals surface area (Å²) in [5.41, 5.74) is 7.19. The number of aliphatic hydroxyl groups excluding tert-OH is 1. The third-order valence-corrected chi connectivity index (χ3v) is 8.02. The van der Waals surface area contributed by atoms with Gasteiger partial charge in [0.15, 0.2) is 12.7 Å². The number of nitrogens with zero attached hydrogens (tertiary/aromatic N) is 1. The van der Waals surface area contributed by atoms with Crippen LogP contribution >= 0.6 is 0 Å². The normalized spacial score (nSPS) is 29.0. The first-order valence-corrected chi connectivity index (χ1v) is 14.8. The number of carbonyl (C=O) groups is 3. The van der Waals surface area contributed by atoms with Crippen molar-refractivity contribution < 1.29 is 60.5 Å². The van der Waals surface area contributed by atoms with Crippen LogP contribution in [0.5, 0.6) is 11.5 Å². The molecule has 0 aliphatic carbocycles. The van der Waals surface area contributed by atoms with Gasteiger partial charge in [-0.25, -0.2) is 4.79 Å². The predicted octanol–water partition coefficient (Wildman–Crippen LogP) is 0.768. The number of aromatic hydroxyl groups is 1. The second kappa shape index (κ2) is 17.3. The summed E-state index contributed by atoms with van der Waals surface area (Å²) in [4.78, 5) is 39.3. The number of ether oxygens (including phenoxy) is 4. The Labute approximate surface area is 280 Å². The molecule has 254 valence electrons. The third-order valence-electron chi connectivity index (χ3n) is 8.02. The van der Waals surface area contributed by atoms with Crippen molar-refractivity contribution in [2.75, 3.05) is 37.6 Å². The number of hydrogen-bond donors (Lipinski definition) is 4. The summed E-state index contributed by atoms with van der Waals surface area (Å²) >= 11 is 0. The van der Waals surface area contributed by atoms with E-state index in [4.69, 9.17) is 24.7 Å². The Hall–Kier alpha value is -3.65. The van der Waals surface area contributed by atoms with Crippen LogP contribution < -0.4 is 37.7 Å². The van der Waals surface area contributed by atoms with Crippen molar-refractivity contribution in [1.82, 2.24) is 0 Å². The number of benzene rings is 1. The Morgan fingerprint density at radius 3 is 2.54 bits per heavy atom. The highest BCUT2D eigenvalue weighted by Crippen LogP contribution is 2.46. The zero-order valence-electron chi connectivity index (χ0n) is 27.1. The van der Waals surface area contributed by atoms with Crippen molar-refractivity contribution in [2.24, 2.45) is 17.6 Å². The van der Waals surface area contributed by atoms with Gasteiger partial charge in [-0.2, -0.15) is 0 Å².